The van der Waals surface area contributed by atoms with Gasteiger partial charge in [0.05, 0.1) is 0 Å². The van der Waals surface area contributed by atoms with Crippen molar-refractivity contribution in [1.29, 1.82) is 5.41 Å². The number of carbonyl (C=O) groups is 1. The van der Waals surface area contributed by atoms with Gasteiger partial charge in [0.2, 0.25) is 0 Å². The second-order valence-electron chi connectivity index (χ2n) is 4.21. The van der Waals surface area contributed by atoms with Gasteiger partial charge in [-0.2, -0.15) is 0 Å². The third kappa shape index (κ3) is 3.97. The Bertz CT molecular complexity index is 440. The van der Waals surface area contributed by atoms with E-state index in [4.69, 9.17) is 15.9 Å². The Morgan fingerprint density at radius 1 is 1.39 bits per heavy atom. The Morgan fingerprint density at radius 2 is 2.06 bits per heavy atom. The summed E-state index contributed by atoms with van der Waals surface area (Å²) in [6.45, 7) is 0.0644. The maximum Gasteiger partial charge on any atom is 0.319 e. The minimum atomic E-state index is -0.185. The van der Waals surface area contributed by atoms with Crippen LogP contribution in [0.4, 0.5) is 10.5 Å². The number of ether oxygens (including phenoxy) is 1. The average molecular weight is 248 g/mol. The molecule has 0 unspecified atom stereocenters. The molecule has 0 bridgehead atoms. The Balaban J connectivity index is 1.82. The summed E-state index contributed by atoms with van der Waals surface area (Å²) in [5.41, 5.74) is 5.88. The molecule has 96 valence electrons. The van der Waals surface area contributed by atoms with E-state index in [1.54, 1.807) is 24.3 Å². The molecule has 0 aliphatic heterocycles. The summed E-state index contributed by atoms with van der Waals surface area (Å²) in [4.78, 5) is 11.5. The van der Waals surface area contributed by atoms with E-state index in [-0.39, 0.29) is 18.5 Å². The predicted octanol–water partition coefficient (Wildman–Crippen LogP) is 1.29. The van der Waals surface area contributed by atoms with Crippen LogP contribution in [0.3, 0.4) is 0 Å². The zero-order valence-corrected chi connectivity index (χ0v) is 9.90. The summed E-state index contributed by atoms with van der Waals surface area (Å²) in [5.74, 6) is 0.583. The number of nitrogens with two attached hydrogens (primary N) is 1. The van der Waals surface area contributed by atoms with E-state index < -0.39 is 0 Å². The maximum atomic E-state index is 11.5. The second kappa shape index (κ2) is 5.39. The molecule has 18 heavy (non-hydrogen) atoms. The molecule has 0 spiro atoms. The van der Waals surface area contributed by atoms with Crippen molar-refractivity contribution in [1.82, 2.24) is 5.32 Å². The standard InChI is InChI=1S/C12H16N4O2/c13-11(14)7-18-10-5-3-9(4-6-10)16-12(17)15-8-1-2-8/h3-6,8H,1-2,7H2,(H3,13,14)(H2,15,16,17). The zero-order valence-electron chi connectivity index (χ0n) is 9.90. The highest BCUT2D eigenvalue weighted by atomic mass is 16.5. The molecule has 0 atom stereocenters. The lowest BCUT2D eigenvalue weighted by Crippen LogP contribution is -2.30. The van der Waals surface area contributed by atoms with E-state index in [0.29, 0.717) is 17.5 Å². The normalized spacial score (nSPS) is 13.8. The van der Waals surface area contributed by atoms with Gasteiger partial charge in [0, 0.05) is 11.7 Å². The highest BCUT2D eigenvalue weighted by Gasteiger charge is 2.23. The molecule has 0 heterocycles. The van der Waals surface area contributed by atoms with Crippen LogP contribution in [0.5, 0.6) is 5.75 Å². The number of benzene rings is 1. The molecule has 1 aliphatic carbocycles. The van der Waals surface area contributed by atoms with Crippen LogP contribution >= 0.6 is 0 Å². The monoisotopic (exact) mass is 248 g/mol. The van der Waals surface area contributed by atoms with Gasteiger partial charge < -0.3 is 21.1 Å². The zero-order chi connectivity index (χ0) is 13.0. The van der Waals surface area contributed by atoms with E-state index in [1.165, 1.54) is 0 Å². The number of amides is 2. The summed E-state index contributed by atoms with van der Waals surface area (Å²) in [5, 5.41) is 12.6. The molecule has 0 aromatic heterocycles. The van der Waals surface area contributed by atoms with Gasteiger partial charge in [0.15, 0.2) is 0 Å². The third-order valence-corrected chi connectivity index (χ3v) is 2.42. The largest absolute Gasteiger partial charge is 0.486 e. The fourth-order valence-electron chi connectivity index (χ4n) is 1.38. The van der Waals surface area contributed by atoms with Gasteiger partial charge in [-0.25, -0.2) is 4.79 Å². The Morgan fingerprint density at radius 3 is 2.61 bits per heavy atom. The van der Waals surface area contributed by atoms with E-state index in [0.717, 1.165) is 12.8 Å². The Kier molecular flexibility index (Phi) is 3.66. The number of hydrogen-bond acceptors (Lipinski definition) is 3. The van der Waals surface area contributed by atoms with Gasteiger partial charge in [-0.05, 0) is 37.1 Å². The Labute approximate surface area is 105 Å². The number of carbonyl (C=O) groups excluding carboxylic acids is 1. The van der Waals surface area contributed by atoms with Crippen LogP contribution in [0, 0.1) is 5.41 Å². The summed E-state index contributed by atoms with van der Waals surface area (Å²) in [7, 11) is 0. The van der Waals surface area contributed by atoms with Crippen molar-refractivity contribution in [2.45, 2.75) is 18.9 Å². The molecule has 1 saturated carbocycles. The Hall–Kier alpha value is -2.24. The number of amidine groups is 1. The first kappa shape index (κ1) is 12.2. The van der Waals surface area contributed by atoms with Crippen molar-refractivity contribution in [2.24, 2.45) is 5.73 Å². The molecule has 6 nitrogen and oxygen atoms in total. The van der Waals surface area contributed by atoms with Crippen LogP contribution in [-0.2, 0) is 0 Å². The highest BCUT2D eigenvalue weighted by Crippen LogP contribution is 2.19. The van der Waals surface area contributed by atoms with E-state index in [1.807, 2.05) is 0 Å². The molecule has 6 heteroatoms. The molecule has 1 aromatic rings. The minimum Gasteiger partial charge on any atom is -0.486 e. The smallest absolute Gasteiger partial charge is 0.319 e. The first-order valence-electron chi connectivity index (χ1n) is 5.77. The quantitative estimate of drug-likeness (QED) is 0.466. The first-order valence-corrected chi connectivity index (χ1v) is 5.77. The van der Waals surface area contributed by atoms with Crippen LogP contribution < -0.4 is 21.1 Å². The molecule has 2 rings (SSSR count). The van der Waals surface area contributed by atoms with Gasteiger partial charge in [-0.1, -0.05) is 0 Å². The lowest BCUT2D eigenvalue weighted by atomic mass is 10.3. The second-order valence-corrected chi connectivity index (χ2v) is 4.21. The van der Waals surface area contributed by atoms with Gasteiger partial charge >= 0.3 is 6.03 Å². The number of urea groups is 1. The third-order valence-electron chi connectivity index (χ3n) is 2.42. The number of hydrogen-bond donors (Lipinski definition) is 4. The first-order chi connectivity index (χ1) is 8.63. The van der Waals surface area contributed by atoms with Gasteiger partial charge in [0.25, 0.3) is 0 Å². The van der Waals surface area contributed by atoms with Crippen molar-refractivity contribution >= 4 is 17.6 Å². The van der Waals surface area contributed by atoms with Crippen molar-refractivity contribution in [3.05, 3.63) is 24.3 Å². The lowest BCUT2D eigenvalue weighted by molar-refractivity contribution is 0.251. The van der Waals surface area contributed by atoms with Crippen LogP contribution in [0.1, 0.15) is 12.8 Å². The van der Waals surface area contributed by atoms with Crippen molar-refractivity contribution in [2.75, 3.05) is 11.9 Å². The molecule has 1 fully saturated rings. The van der Waals surface area contributed by atoms with Crippen LogP contribution in [0.15, 0.2) is 24.3 Å². The summed E-state index contributed by atoms with van der Waals surface area (Å²) < 4.78 is 5.22. The maximum absolute atomic E-state index is 11.5. The van der Waals surface area contributed by atoms with Crippen molar-refractivity contribution in [3.63, 3.8) is 0 Å². The topological polar surface area (TPSA) is 100 Å². The van der Waals surface area contributed by atoms with Crippen LogP contribution in [-0.4, -0.2) is 24.5 Å². The van der Waals surface area contributed by atoms with E-state index >= 15 is 0 Å². The summed E-state index contributed by atoms with van der Waals surface area (Å²) in [6, 6.07) is 7.06. The van der Waals surface area contributed by atoms with Crippen molar-refractivity contribution in [3.8, 4) is 5.75 Å². The molecule has 2 amide bonds. The summed E-state index contributed by atoms with van der Waals surface area (Å²) in [6.07, 6.45) is 2.12. The summed E-state index contributed by atoms with van der Waals surface area (Å²) >= 11 is 0. The van der Waals surface area contributed by atoms with Gasteiger partial charge in [-0.3, -0.25) is 5.41 Å². The fourth-order valence-corrected chi connectivity index (χ4v) is 1.38. The number of rotatable bonds is 5. The highest BCUT2D eigenvalue weighted by molar-refractivity contribution is 5.89. The number of anilines is 1. The molecule has 5 N–H and O–H groups in total. The van der Waals surface area contributed by atoms with E-state index in [2.05, 4.69) is 10.6 Å². The molecule has 1 aliphatic rings. The minimum absolute atomic E-state index is 0.0268. The van der Waals surface area contributed by atoms with Gasteiger partial charge in [-0.15, -0.1) is 0 Å². The molecule has 0 saturated heterocycles. The molecular formula is C12H16N4O2. The molecule has 1 aromatic carbocycles. The van der Waals surface area contributed by atoms with Crippen LogP contribution in [0.25, 0.3) is 0 Å². The molecule has 0 radical (unpaired) electrons. The van der Waals surface area contributed by atoms with Crippen LogP contribution in [0.2, 0.25) is 0 Å². The van der Waals surface area contributed by atoms with E-state index in [9.17, 15) is 4.79 Å². The number of nitrogens with one attached hydrogen (secondary N) is 3. The SMILES string of the molecule is N=C(N)COc1ccc(NC(=O)NC2CC2)cc1. The van der Waals surface area contributed by atoms with Gasteiger partial charge in [0.1, 0.15) is 18.2 Å². The average Bonchev–Trinajstić information content (AvgIpc) is 3.12. The lowest BCUT2D eigenvalue weighted by Gasteiger charge is -2.08. The predicted molar refractivity (Wildman–Crippen MR) is 69.0 cm³/mol. The van der Waals surface area contributed by atoms with Crippen molar-refractivity contribution < 1.29 is 9.53 Å². The molecular weight excluding hydrogens is 232 g/mol. The fraction of sp³-hybridized carbons (Fsp3) is 0.333.